The average molecular weight is 339 g/mol. The molecule has 0 N–H and O–H groups in total. The van der Waals surface area contributed by atoms with Gasteiger partial charge in [-0.15, -0.1) is 0 Å². The van der Waals surface area contributed by atoms with Gasteiger partial charge in [-0.05, 0) is 37.5 Å². The number of benzene rings is 1. The van der Waals surface area contributed by atoms with E-state index in [4.69, 9.17) is 5.26 Å². The molecule has 1 aromatic heterocycles. The molecule has 1 aliphatic rings. The van der Waals surface area contributed by atoms with Crippen LogP contribution in [0.3, 0.4) is 0 Å². The maximum Gasteiger partial charge on any atom is 0.225 e. The molecule has 1 saturated heterocycles. The maximum atomic E-state index is 14.0. The van der Waals surface area contributed by atoms with Gasteiger partial charge in [-0.25, -0.2) is 14.4 Å². The predicted octanol–water partition coefficient (Wildman–Crippen LogP) is 2.90. The van der Waals surface area contributed by atoms with Crippen LogP contribution in [-0.2, 0) is 6.54 Å². The summed E-state index contributed by atoms with van der Waals surface area (Å²) in [5, 5.41) is 8.82. The smallest absolute Gasteiger partial charge is 0.225 e. The Hall–Kier alpha value is -2.52. The summed E-state index contributed by atoms with van der Waals surface area (Å²) in [5.41, 5.74) is 2.06. The van der Waals surface area contributed by atoms with Crippen molar-refractivity contribution in [2.24, 2.45) is 0 Å². The summed E-state index contributed by atoms with van der Waals surface area (Å²) >= 11 is 0. The van der Waals surface area contributed by atoms with Crippen LogP contribution in [0.15, 0.2) is 30.6 Å². The second kappa shape index (κ2) is 7.58. The van der Waals surface area contributed by atoms with Gasteiger partial charge in [-0.3, -0.25) is 4.90 Å². The van der Waals surface area contributed by atoms with Crippen LogP contribution in [0.2, 0.25) is 0 Å². The van der Waals surface area contributed by atoms with Crippen LogP contribution < -0.4 is 4.90 Å². The minimum atomic E-state index is -0.300. The Balaban J connectivity index is 1.57. The lowest BCUT2D eigenvalue weighted by Gasteiger charge is -2.36. The van der Waals surface area contributed by atoms with E-state index >= 15 is 0 Å². The van der Waals surface area contributed by atoms with Gasteiger partial charge in [0, 0.05) is 50.7 Å². The lowest BCUT2D eigenvalue weighted by Crippen LogP contribution is -2.43. The first kappa shape index (κ1) is 17.3. The molecule has 3 rings (SSSR count). The summed E-state index contributed by atoms with van der Waals surface area (Å²) in [6.07, 6.45) is 5.65. The van der Waals surface area contributed by atoms with Gasteiger partial charge in [-0.1, -0.05) is 6.07 Å². The fraction of sp³-hybridized carbons (Fsp3) is 0.421. The van der Waals surface area contributed by atoms with Crippen LogP contribution in [0.1, 0.15) is 29.5 Å². The Morgan fingerprint density at radius 2 is 1.96 bits per heavy atom. The third-order valence-electron chi connectivity index (χ3n) is 4.76. The van der Waals surface area contributed by atoms with Gasteiger partial charge in [0.2, 0.25) is 5.95 Å². The lowest BCUT2D eigenvalue weighted by molar-refractivity contribution is 0.200. The topological polar surface area (TPSA) is 56.1 Å². The monoisotopic (exact) mass is 339 g/mol. The summed E-state index contributed by atoms with van der Waals surface area (Å²) in [6, 6.07) is 7.06. The number of halogens is 1. The number of rotatable bonds is 4. The van der Waals surface area contributed by atoms with Crippen LogP contribution >= 0.6 is 0 Å². The van der Waals surface area contributed by atoms with Crippen molar-refractivity contribution in [1.29, 1.82) is 5.26 Å². The van der Waals surface area contributed by atoms with Crippen LogP contribution in [0.5, 0.6) is 0 Å². The number of aryl methyl sites for hydroxylation is 1. The Labute approximate surface area is 147 Å². The van der Waals surface area contributed by atoms with Crippen LogP contribution in [-0.4, -0.2) is 41.0 Å². The second-order valence-corrected chi connectivity index (χ2v) is 6.60. The number of hydrogen-bond donors (Lipinski definition) is 0. The number of nitriles is 1. The molecular formula is C19H22FN5. The van der Waals surface area contributed by atoms with Crippen molar-refractivity contribution in [3.63, 3.8) is 0 Å². The SMILES string of the molecule is Cc1cnc(N(C)C2CCN(Cc3ccc(C#N)cc3F)CC2)nc1. The molecular weight excluding hydrogens is 317 g/mol. The Kier molecular flexibility index (Phi) is 5.25. The average Bonchev–Trinajstić information content (AvgIpc) is 2.64. The van der Waals surface area contributed by atoms with E-state index in [1.165, 1.54) is 6.07 Å². The first-order valence-corrected chi connectivity index (χ1v) is 8.49. The number of piperidine rings is 1. The van der Waals surface area contributed by atoms with Crippen molar-refractivity contribution in [2.45, 2.75) is 32.4 Å². The molecule has 0 saturated carbocycles. The molecule has 0 aliphatic carbocycles. The zero-order valence-corrected chi connectivity index (χ0v) is 14.6. The number of nitrogens with zero attached hydrogens (tertiary/aromatic N) is 5. The Morgan fingerprint density at radius 3 is 2.56 bits per heavy atom. The fourth-order valence-corrected chi connectivity index (χ4v) is 3.18. The quantitative estimate of drug-likeness (QED) is 0.857. The summed E-state index contributed by atoms with van der Waals surface area (Å²) < 4.78 is 14.0. The summed E-state index contributed by atoms with van der Waals surface area (Å²) in [7, 11) is 2.03. The van der Waals surface area contributed by atoms with E-state index in [1.54, 1.807) is 12.1 Å². The molecule has 1 aliphatic heterocycles. The summed E-state index contributed by atoms with van der Waals surface area (Å²) in [5.74, 6) is 0.452. The van der Waals surface area contributed by atoms with Gasteiger partial charge in [0.05, 0.1) is 11.6 Å². The van der Waals surface area contributed by atoms with Crippen molar-refractivity contribution in [2.75, 3.05) is 25.0 Å². The van der Waals surface area contributed by atoms with Gasteiger partial charge < -0.3 is 4.90 Å². The summed E-state index contributed by atoms with van der Waals surface area (Å²) in [4.78, 5) is 13.2. The molecule has 130 valence electrons. The largest absolute Gasteiger partial charge is 0.341 e. The maximum absolute atomic E-state index is 14.0. The predicted molar refractivity (Wildman–Crippen MR) is 94.6 cm³/mol. The summed E-state index contributed by atoms with van der Waals surface area (Å²) in [6.45, 7) is 4.36. The molecule has 25 heavy (non-hydrogen) atoms. The minimum Gasteiger partial charge on any atom is -0.341 e. The van der Waals surface area contributed by atoms with Crippen LogP contribution in [0, 0.1) is 24.1 Å². The minimum absolute atomic E-state index is 0.300. The van der Waals surface area contributed by atoms with Gasteiger partial charge in [0.15, 0.2) is 0 Å². The van der Waals surface area contributed by atoms with E-state index in [1.807, 2.05) is 32.4 Å². The van der Waals surface area contributed by atoms with Crippen molar-refractivity contribution in [3.8, 4) is 6.07 Å². The molecule has 0 bridgehead atoms. The van der Waals surface area contributed by atoms with Crippen molar-refractivity contribution in [1.82, 2.24) is 14.9 Å². The van der Waals surface area contributed by atoms with Crippen molar-refractivity contribution in [3.05, 3.63) is 53.1 Å². The molecule has 0 atom stereocenters. The first-order valence-electron chi connectivity index (χ1n) is 8.49. The molecule has 1 fully saturated rings. The first-order chi connectivity index (χ1) is 12.1. The molecule has 5 nitrogen and oxygen atoms in total. The Bertz CT molecular complexity index is 760. The second-order valence-electron chi connectivity index (χ2n) is 6.60. The molecule has 1 aromatic carbocycles. The van der Waals surface area contributed by atoms with Crippen LogP contribution in [0.25, 0.3) is 0 Å². The van der Waals surface area contributed by atoms with E-state index < -0.39 is 0 Å². The highest BCUT2D eigenvalue weighted by molar-refractivity contribution is 5.33. The fourth-order valence-electron chi connectivity index (χ4n) is 3.18. The normalized spacial score (nSPS) is 15.8. The van der Waals surface area contributed by atoms with E-state index in [0.717, 1.165) is 37.4 Å². The van der Waals surface area contributed by atoms with Crippen LogP contribution in [0.4, 0.5) is 10.3 Å². The molecule has 0 radical (unpaired) electrons. The highest BCUT2D eigenvalue weighted by Gasteiger charge is 2.24. The molecule has 0 spiro atoms. The number of anilines is 1. The molecule has 2 heterocycles. The van der Waals surface area contributed by atoms with E-state index in [-0.39, 0.29) is 5.82 Å². The third kappa shape index (κ3) is 4.12. The van der Waals surface area contributed by atoms with Crippen molar-refractivity contribution < 1.29 is 4.39 Å². The van der Waals surface area contributed by atoms with Gasteiger partial charge in [0.1, 0.15) is 5.82 Å². The zero-order chi connectivity index (χ0) is 17.8. The highest BCUT2D eigenvalue weighted by atomic mass is 19.1. The standard InChI is InChI=1S/C19H22FN5/c1-14-11-22-19(23-12-14)24(2)17-5-7-25(8-6-17)13-16-4-3-15(10-21)9-18(16)20/h3-4,9,11-12,17H,5-8,13H2,1-2H3. The molecule has 0 amide bonds. The zero-order valence-electron chi connectivity index (χ0n) is 14.6. The van der Waals surface area contributed by atoms with E-state index in [0.29, 0.717) is 23.7 Å². The van der Waals surface area contributed by atoms with E-state index in [2.05, 4.69) is 19.8 Å². The third-order valence-corrected chi connectivity index (χ3v) is 4.76. The highest BCUT2D eigenvalue weighted by Crippen LogP contribution is 2.21. The van der Waals surface area contributed by atoms with E-state index in [9.17, 15) is 4.39 Å². The van der Waals surface area contributed by atoms with Gasteiger partial charge in [-0.2, -0.15) is 5.26 Å². The molecule has 6 heteroatoms. The van der Waals surface area contributed by atoms with Gasteiger partial charge in [0.25, 0.3) is 0 Å². The van der Waals surface area contributed by atoms with Crippen molar-refractivity contribution >= 4 is 5.95 Å². The number of likely N-dealkylation sites (tertiary alicyclic amines) is 1. The van der Waals surface area contributed by atoms with Gasteiger partial charge >= 0.3 is 0 Å². The molecule has 0 unspecified atom stereocenters. The Morgan fingerprint density at radius 1 is 1.28 bits per heavy atom. The lowest BCUT2D eigenvalue weighted by atomic mass is 10.0. The molecule has 2 aromatic rings. The number of hydrogen-bond acceptors (Lipinski definition) is 5. The number of aromatic nitrogens is 2.